The summed E-state index contributed by atoms with van der Waals surface area (Å²) in [6, 6.07) is 0. The molecule has 0 heterocycles. The molecule has 1 amide bonds. The molecule has 1 N–H and O–H groups in total. The molecular formula is C10H20NO6P. The zero-order valence-corrected chi connectivity index (χ0v) is 12.2. The number of nitrogens with one attached hydrogen (secondary N) is 1. The second-order valence-corrected chi connectivity index (χ2v) is 6.80. The smallest absolute Gasteiger partial charge is 0.408 e. The highest BCUT2D eigenvalue weighted by molar-refractivity contribution is 7.54. The number of amides is 1. The molecule has 0 saturated carbocycles. The van der Waals surface area contributed by atoms with E-state index in [9.17, 15) is 14.2 Å². The Balaban J connectivity index is 4.13. The van der Waals surface area contributed by atoms with Crippen LogP contribution in [0.3, 0.4) is 0 Å². The van der Waals surface area contributed by atoms with Crippen molar-refractivity contribution in [2.45, 2.75) is 26.4 Å². The van der Waals surface area contributed by atoms with Crippen molar-refractivity contribution in [3.05, 3.63) is 0 Å². The number of ether oxygens (including phenoxy) is 1. The number of ketones is 1. The number of hydrogen-bond acceptors (Lipinski definition) is 6. The average molecular weight is 281 g/mol. The van der Waals surface area contributed by atoms with Gasteiger partial charge in [-0.2, -0.15) is 0 Å². The van der Waals surface area contributed by atoms with Gasteiger partial charge in [0, 0.05) is 14.2 Å². The number of carbonyl (C=O) groups excluding carboxylic acids is 2. The molecule has 0 bridgehead atoms. The van der Waals surface area contributed by atoms with Crippen LogP contribution in [0.25, 0.3) is 0 Å². The Hall–Kier alpha value is -0.910. The van der Waals surface area contributed by atoms with Gasteiger partial charge in [-0.05, 0) is 20.8 Å². The summed E-state index contributed by atoms with van der Waals surface area (Å²) in [5, 5.41) is 2.27. The minimum Gasteiger partial charge on any atom is -0.444 e. The lowest BCUT2D eigenvalue weighted by Crippen LogP contribution is -2.36. The average Bonchev–Trinajstić information content (AvgIpc) is 2.24. The van der Waals surface area contributed by atoms with E-state index in [2.05, 4.69) is 14.4 Å². The van der Waals surface area contributed by atoms with Gasteiger partial charge in [-0.25, -0.2) is 4.79 Å². The number of rotatable bonds is 6. The molecule has 0 aromatic rings. The highest BCUT2D eigenvalue weighted by atomic mass is 31.2. The quantitative estimate of drug-likeness (QED) is 0.743. The molecule has 8 heteroatoms. The summed E-state index contributed by atoms with van der Waals surface area (Å²) in [6.07, 6.45) is -1.10. The van der Waals surface area contributed by atoms with Gasteiger partial charge >= 0.3 is 13.7 Å². The first-order chi connectivity index (χ1) is 8.12. The van der Waals surface area contributed by atoms with E-state index in [-0.39, 0.29) is 6.54 Å². The molecule has 0 aliphatic carbocycles. The van der Waals surface area contributed by atoms with E-state index in [1.807, 2.05) is 0 Å². The van der Waals surface area contributed by atoms with Gasteiger partial charge in [0.15, 0.2) is 5.78 Å². The summed E-state index contributed by atoms with van der Waals surface area (Å²) in [5.41, 5.74) is -0.637. The Bertz CT molecular complexity index is 341. The van der Waals surface area contributed by atoms with Gasteiger partial charge in [-0.1, -0.05) is 0 Å². The third-order valence-corrected chi connectivity index (χ3v) is 3.61. The third kappa shape index (κ3) is 7.42. The van der Waals surface area contributed by atoms with Gasteiger partial charge in [-0.3, -0.25) is 9.36 Å². The molecule has 0 spiro atoms. The van der Waals surface area contributed by atoms with Gasteiger partial charge in [-0.15, -0.1) is 0 Å². The van der Waals surface area contributed by atoms with Crippen molar-refractivity contribution in [2.24, 2.45) is 0 Å². The fourth-order valence-electron chi connectivity index (χ4n) is 0.960. The Kier molecular flexibility index (Phi) is 6.52. The molecule has 0 atom stereocenters. The minimum absolute atomic E-state index is 0.286. The normalized spacial score (nSPS) is 12.1. The van der Waals surface area contributed by atoms with Crippen molar-refractivity contribution < 1.29 is 27.9 Å². The lowest BCUT2D eigenvalue weighted by molar-refractivity contribution is -0.116. The highest BCUT2D eigenvalue weighted by Gasteiger charge is 2.26. The van der Waals surface area contributed by atoms with Crippen molar-refractivity contribution in [1.82, 2.24) is 5.32 Å². The maximum atomic E-state index is 11.6. The first-order valence-electron chi connectivity index (χ1n) is 5.31. The number of carbonyl (C=O) groups is 2. The van der Waals surface area contributed by atoms with E-state index in [4.69, 9.17) is 4.74 Å². The third-order valence-electron chi connectivity index (χ3n) is 1.76. The molecule has 0 aliphatic rings. The van der Waals surface area contributed by atoms with Crippen LogP contribution in [0.4, 0.5) is 4.79 Å². The standard InChI is InChI=1S/C10H20NO6P/c1-10(2,3)17-9(13)11-6-8(12)7-18(14,15-4)16-5/h6-7H2,1-5H3,(H,11,13). The highest BCUT2D eigenvalue weighted by Crippen LogP contribution is 2.45. The molecule has 0 saturated heterocycles. The van der Waals surface area contributed by atoms with Crippen LogP contribution in [0.15, 0.2) is 0 Å². The molecule has 0 radical (unpaired) electrons. The monoisotopic (exact) mass is 281 g/mol. The summed E-state index contributed by atoms with van der Waals surface area (Å²) in [4.78, 5) is 22.7. The topological polar surface area (TPSA) is 90.9 Å². The Morgan fingerprint density at radius 3 is 2.06 bits per heavy atom. The number of Topliss-reactive ketones (excluding diaryl/α,β-unsaturated/α-hetero) is 1. The summed E-state index contributed by atoms with van der Waals surface area (Å²) < 4.78 is 25.8. The van der Waals surface area contributed by atoms with Gasteiger partial charge < -0.3 is 19.1 Å². The predicted octanol–water partition coefficient (Wildman–Crippen LogP) is 1.57. The molecule has 0 fully saturated rings. The van der Waals surface area contributed by atoms with Gasteiger partial charge in [0.25, 0.3) is 0 Å². The zero-order chi connectivity index (χ0) is 14.4. The van der Waals surface area contributed by atoms with Crippen molar-refractivity contribution in [1.29, 1.82) is 0 Å². The van der Waals surface area contributed by atoms with E-state index in [1.165, 1.54) is 14.2 Å². The Morgan fingerprint density at radius 1 is 1.17 bits per heavy atom. The van der Waals surface area contributed by atoms with Crippen molar-refractivity contribution in [3.8, 4) is 0 Å². The van der Waals surface area contributed by atoms with Gasteiger partial charge in [0.05, 0.1) is 6.54 Å². The predicted molar refractivity (Wildman–Crippen MR) is 65.7 cm³/mol. The summed E-state index contributed by atoms with van der Waals surface area (Å²) >= 11 is 0. The molecule has 0 aliphatic heterocycles. The SMILES string of the molecule is COP(=O)(CC(=O)CNC(=O)OC(C)(C)C)OC. The van der Waals surface area contributed by atoms with E-state index < -0.39 is 31.2 Å². The maximum Gasteiger partial charge on any atom is 0.408 e. The van der Waals surface area contributed by atoms with Crippen molar-refractivity contribution in [3.63, 3.8) is 0 Å². The molecular weight excluding hydrogens is 261 g/mol. The summed E-state index contributed by atoms with van der Waals surface area (Å²) in [6.45, 7) is 4.83. The fourth-order valence-corrected chi connectivity index (χ4v) is 1.91. The first kappa shape index (κ1) is 17.1. The van der Waals surface area contributed by atoms with Crippen molar-refractivity contribution in [2.75, 3.05) is 26.9 Å². The van der Waals surface area contributed by atoms with Crippen LogP contribution in [0.2, 0.25) is 0 Å². The van der Waals surface area contributed by atoms with E-state index in [1.54, 1.807) is 20.8 Å². The number of hydrogen-bond donors (Lipinski definition) is 1. The van der Waals surface area contributed by atoms with Crippen LogP contribution in [0.1, 0.15) is 20.8 Å². The number of alkyl carbamates (subject to hydrolysis) is 1. The summed E-state index contributed by atoms with van der Waals surface area (Å²) in [7, 11) is -0.993. The Labute approximate surface area is 107 Å². The van der Waals surface area contributed by atoms with Crippen molar-refractivity contribution >= 4 is 19.5 Å². The zero-order valence-electron chi connectivity index (χ0n) is 11.3. The Morgan fingerprint density at radius 2 is 1.67 bits per heavy atom. The van der Waals surface area contributed by atoms with E-state index in [0.717, 1.165) is 0 Å². The van der Waals surface area contributed by atoms with Crippen LogP contribution in [0, 0.1) is 0 Å². The molecule has 0 unspecified atom stereocenters. The largest absolute Gasteiger partial charge is 0.444 e. The lowest BCUT2D eigenvalue weighted by atomic mass is 10.2. The minimum atomic E-state index is -3.38. The lowest BCUT2D eigenvalue weighted by Gasteiger charge is -2.19. The molecule has 18 heavy (non-hydrogen) atoms. The second kappa shape index (κ2) is 6.87. The van der Waals surface area contributed by atoms with E-state index in [0.29, 0.717) is 0 Å². The van der Waals surface area contributed by atoms with Crippen LogP contribution >= 0.6 is 7.60 Å². The van der Waals surface area contributed by atoms with Crippen LogP contribution in [-0.2, 0) is 23.1 Å². The van der Waals surface area contributed by atoms with Gasteiger partial charge in [0.2, 0.25) is 0 Å². The molecule has 7 nitrogen and oxygen atoms in total. The van der Waals surface area contributed by atoms with Crippen LogP contribution in [-0.4, -0.2) is 44.4 Å². The summed E-state index contributed by atoms with van der Waals surface area (Å²) in [5.74, 6) is -0.465. The first-order valence-corrected chi connectivity index (χ1v) is 7.04. The van der Waals surface area contributed by atoms with E-state index >= 15 is 0 Å². The van der Waals surface area contributed by atoms with Gasteiger partial charge in [0.1, 0.15) is 11.8 Å². The molecule has 0 rings (SSSR count). The maximum absolute atomic E-state index is 11.6. The van der Waals surface area contributed by atoms with Crippen LogP contribution < -0.4 is 5.32 Å². The molecule has 0 aromatic heterocycles. The second-order valence-electron chi connectivity index (χ2n) is 4.53. The fraction of sp³-hybridized carbons (Fsp3) is 0.800. The van der Waals surface area contributed by atoms with Crippen LogP contribution in [0.5, 0.6) is 0 Å². The molecule has 106 valence electrons. The molecule has 0 aromatic carbocycles.